The van der Waals surface area contributed by atoms with Crippen LogP contribution in [-0.2, 0) is 4.79 Å². The lowest BCUT2D eigenvalue weighted by atomic mass is 9.92. The van der Waals surface area contributed by atoms with Crippen molar-refractivity contribution in [2.75, 3.05) is 13.1 Å². The number of benzene rings is 2. The highest BCUT2D eigenvalue weighted by Gasteiger charge is 2.26. The SMILES string of the molecule is CCCC(C(=O)N1CC=C(c2ccc(O)cc2)CC1)c1ccccc1. The number of amides is 1. The van der Waals surface area contributed by atoms with Crippen molar-refractivity contribution in [3.05, 3.63) is 71.8 Å². The fraction of sp³-hybridized carbons (Fsp3) is 0.318. The van der Waals surface area contributed by atoms with Crippen LogP contribution in [0.5, 0.6) is 5.75 Å². The molecule has 0 saturated heterocycles. The molecule has 1 heterocycles. The Morgan fingerprint density at radius 1 is 1.12 bits per heavy atom. The summed E-state index contributed by atoms with van der Waals surface area (Å²) in [5.41, 5.74) is 3.48. The molecule has 0 saturated carbocycles. The molecule has 1 N–H and O–H groups in total. The molecule has 0 fully saturated rings. The fourth-order valence-electron chi connectivity index (χ4n) is 3.43. The van der Waals surface area contributed by atoms with E-state index in [4.69, 9.17) is 0 Å². The summed E-state index contributed by atoms with van der Waals surface area (Å²) in [4.78, 5) is 15.0. The molecule has 2 aromatic rings. The van der Waals surface area contributed by atoms with Gasteiger partial charge in [0.15, 0.2) is 0 Å². The highest BCUT2D eigenvalue weighted by atomic mass is 16.3. The Kier molecular flexibility index (Phi) is 5.54. The van der Waals surface area contributed by atoms with Crippen LogP contribution in [0.4, 0.5) is 0 Å². The van der Waals surface area contributed by atoms with Crippen LogP contribution in [0, 0.1) is 0 Å². The van der Waals surface area contributed by atoms with Crippen LogP contribution in [0.1, 0.15) is 43.2 Å². The Bertz CT molecular complexity index is 734. The highest BCUT2D eigenvalue weighted by Crippen LogP contribution is 2.28. The van der Waals surface area contributed by atoms with E-state index in [1.54, 1.807) is 12.1 Å². The predicted molar refractivity (Wildman–Crippen MR) is 101 cm³/mol. The molecule has 130 valence electrons. The lowest BCUT2D eigenvalue weighted by Crippen LogP contribution is -2.38. The molecule has 1 atom stereocenters. The van der Waals surface area contributed by atoms with Gasteiger partial charge in [-0.3, -0.25) is 4.79 Å². The molecule has 2 aromatic carbocycles. The standard InChI is InChI=1S/C22H25NO2/c1-2-6-21(19-7-4-3-5-8-19)22(25)23-15-13-18(14-16-23)17-9-11-20(24)12-10-17/h3-5,7-13,21,24H,2,6,14-16H2,1H3. The van der Waals surface area contributed by atoms with E-state index < -0.39 is 0 Å². The molecule has 25 heavy (non-hydrogen) atoms. The number of aromatic hydroxyl groups is 1. The third kappa shape index (κ3) is 4.11. The minimum Gasteiger partial charge on any atom is -0.508 e. The van der Waals surface area contributed by atoms with Gasteiger partial charge in [-0.25, -0.2) is 0 Å². The van der Waals surface area contributed by atoms with Crippen LogP contribution < -0.4 is 0 Å². The van der Waals surface area contributed by atoms with E-state index in [2.05, 4.69) is 25.1 Å². The van der Waals surface area contributed by atoms with Gasteiger partial charge in [-0.1, -0.05) is 61.9 Å². The Labute approximate surface area is 149 Å². The molecule has 3 heteroatoms. The summed E-state index contributed by atoms with van der Waals surface area (Å²) < 4.78 is 0. The number of phenolic OH excluding ortho intramolecular Hbond substituents is 1. The number of rotatable bonds is 5. The summed E-state index contributed by atoms with van der Waals surface area (Å²) in [6, 6.07) is 17.4. The summed E-state index contributed by atoms with van der Waals surface area (Å²) in [6.07, 6.45) is 4.87. The maximum atomic E-state index is 13.0. The van der Waals surface area contributed by atoms with Crippen molar-refractivity contribution in [3.8, 4) is 5.75 Å². The number of nitrogens with zero attached hydrogens (tertiary/aromatic N) is 1. The van der Waals surface area contributed by atoms with E-state index in [1.807, 2.05) is 35.2 Å². The van der Waals surface area contributed by atoms with Gasteiger partial charge in [0.25, 0.3) is 0 Å². The van der Waals surface area contributed by atoms with Crippen molar-refractivity contribution in [3.63, 3.8) is 0 Å². The first-order chi connectivity index (χ1) is 12.2. The van der Waals surface area contributed by atoms with E-state index in [0.717, 1.165) is 36.9 Å². The third-order valence-corrected chi connectivity index (χ3v) is 4.84. The van der Waals surface area contributed by atoms with Crippen LogP contribution in [0.2, 0.25) is 0 Å². The van der Waals surface area contributed by atoms with Crippen molar-refractivity contribution in [1.29, 1.82) is 0 Å². The van der Waals surface area contributed by atoms with Crippen molar-refractivity contribution in [2.24, 2.45) is 0 Å². The van der Waals surface area contributed by atoms with Crippen LogP contribution in [0.25, 0.3) is 5.57 Å². The molecule has 3 rings (SSSR count). The topological polar surface area (TPSA) is 40.5 Å². The largest absolute Gasteiger partial charge is 0.508 e. The van der Waals surface area contributed by atoms with Crippen molar-refractivity contribution in [2.45, 2.75) is 32.1 Å². The Hall–Kier alpha value is -2.55. The van der Waals surface area contributed by atoms with Gasteiger partial charge in [-0.2, -0.15) is 0 Å². The zero-order valence-corrected chi connectivity index (χ0v) is 14.7. The third-order valence-electron chi connectivity index (χ3n) is 4.84. The van der Waals surface area contributed by atoms with Crippen molar-refractivity contribution >= 4 is 11.5 Å². The van der Waals surface area contributed by atoms with Gasteiger partial charge in [0.1, 0.15) is 5.75 Å². The van der Waals surface area contributed by atoms with Crippen LogP contribution in [0.3, 0.4) is 0 Å². The second kappa shape index (κ2) is 8.02. The zero-order chi connectivity index (χ0) is 17.6. The van der Waals surface area contributed by atoms with E-state index in [9.17, 15) is 9.90 Å². The van der Waals surface area contributed by atoms with E-state index in [0.29, 0.717) is 6.54 Å². The molecule has 0 bridgehead atoms. The molecule has 1 amide bonds. The molecule has 1 aliphatic heterocycles. The first-order valence-electron chi connectivity index (χ1n) is 9.01. The van der Waals surface area contributed by atoms with Gasteiger partial charge >= 0.3 is 0 Å². The molecular formula is C22H25NO2. The Morgan fingerprint density at radius 2 is 1.84 bits per heavy atom. The quantitative estimate of drug-likeness (QED) is 0.868. The van der Waals surface area contributed by atoms with Gasteiger partial charge in [-0.05, 0) is 41.7 Å². The van der Waals surface area contributed by atoms with Crippen LogP contribution in [0.15, 0.2) is 60.7 Å². The number of carbonyl (C=O) groups is 1. The number of carbonyl (C=O) groups excluding carboxylic acids is 1. The molecule has 0 spiro atoms. The second-order valence-electron chi connectivity index (χ2n) is 6.56. The molecule has 1 aliphatic rings. The monoisotopic (exact) mass is 335 g/mol. The molecule has 1 unspecified atom stereocenters. The minimum atomic E-state index is -0.0465. The van der Waals surface area contributed by atoms with E-state index in [-0.39, 0.29) is 17.6 Å². The minimum absolute atomic E-state index is 0.0465. The maximum Gasteiger partial charge on any atom is 0.230 e. The first kappa shape index (κ1) is 17.3. The lowest BCUT2D eigenvalue weighted by Gasteiger charge is -2.30. The molecule has 0 radical (unpaired) electrons. The molecule has 0 aliphatic carbocycles. The van der Waals surface area contributed by atoms with Crippen LogP contribution >= 0.6 is 0 Å². The van der Waals surface area contributed by atoms with Crippen molar-refractivity contribution < 1.29 is 9.90 Å². The Morgan fingerprint density at radius 3 is 2.44 bits per heavy atom. The predicted octanol–water partition coefficient (Wildman–Crippen LogP) is 4.59. The number of hydrogen-bond donors (Lipinski definition) is 1. The summed E-state index contributed by atoms with van der Waals surface area (Å²) >= 11 is 0. The summed E-state index contributed by atoms with van der Waals surface area (Å²) in [6.45, 7) is 3.53. The van der Waals surface area contributed by atoms with E-state index >= 15 is 0 Å². The van der Waals surface area contributed by atoms with E-state index in [1.165, 1.54) is 5.57 Å². The van der Waals surface area contributed by atoms with Gasteiger partial charge in [0, 0.05) is 13.1 Å². The molecule has 0 aromatic heterocycles. The second-order valence-corrected chi connectivity index (χ2v) is 6.56. The van der Waals surface area contributed by atoms with Gasteiger partial charge in [-0.15, -0.1) is 0 Å². The summed E-state index contributed by atoms with van der Waals surface area (Å²) in [5.74, 6) is 0.464. The van der Waals surface area contributed by atoms with Gasteiger partial charge in [0.2, 0.25) is 5.91 Å². The van der Waals surface area contributed by atoms with Gasteiger partial charge < -0.3 is 10.0 Å². The average molecular weight is 335 g/mol. The summed E-state index contributed by atoms with van der Waals surface area (Å²) in [7, 11) is 0. The zero-order valence-electron chi connectivity index (χ0n) is 14.7. The first-order valence-corrected chi connectivity index (χ1v) is 9.01. The molecule has 3 nitrogen and oxygen atoms in total. The fourth-order valence-corrected chi connectivity index (χ4v) is 3.43. The van der Waals surface area contributed by atoms with Gasteiger partial charge in [0.05, 0.1) is 5.92 Å². The normalized spacial score (nSPS) is 15.6. The average Bonchev–Trinajstić information content (AvgIpc) is 2.67. The highest BCUT2D eigenvalue weighted by molar-refractivity contribution is 5.85. The number of hydrogen-bond acceptors (Lipinski definition) is 2. The molecular weight excluding hydrogens is 310 g/mol. The van der Waals surface area contributed by atoms with Crippen LogP contribution in [-0.4, -0.2) is 29.0 Å². The lowest BCUT2D eigenvalue weighted by molar-refractivity contribution is -0.132. The summed E-state index contributed by atoms with van der Waals surface area (Å²) in [5, 5.41) is 9.42. The number of phenols is 1. The smallest absolute Gasteiger partial charge is 0.230 e. The van der Waals surface area contributed by atoms with Crippen molar-refractivity contribution in [1.82, 2.24) is 4.90 Å². The maximum absolute atomic E-state index is 13.0. The Balaban J connectivity index is 1.72.